The van der Waals surface area contributed by atoms with Crippen LogP contribution in [0.5, 0.6) is 0 Å². The van der Waals surface area contributed by atoms with Gasteiger partial charge in [0.25, 0.3) is 0 Å². The van der Waals surface area contributed by atoms with Crippen LogP contribution in [0.1, 0.15) is 27.2 Å². The standard InChI is InChI=1S/C13H27NO5/c1-4-18-13(16)5-6-14-9-12(15)10-17-7-8-19-11(2)3/h11-12,14-15H,4-10H2,1-3H3. The number of ether oxygens (including phenoxy) is 3. The monoisotopic (exact) mass is 277 g/mol. The summed E-state index contributed by atoms with van der Waals surface area (Å²) in [6.45, 7) is 8.23. The van der Waals surface area contributed by atoms with Crippen LogP contribution < -0.4 is 5.32 Å². The minimum atomic E-state index is -0.582. The first-order valence-corrected chi connectivity index (χ1v) is 6.80. The molecule has 0 aliphatic heterocycles. The molecule has 0 heterocycles. The Morgan fingerprint density at radius 1 is 1.32 bits per heavy atom. The second-order valence-corrected chi connectivity index (χ2v) is 4.41. The number of hydrogen-bond acceptors (Lipinski definition) is 6. The van der Waals surface area contributed by atoms with Gasteiger partial charge in [0, 0.05) is 13.1 Å². The fourth-order valence-electron chi connectivity index (χ4n) is 1.31. The Bertz CT molecular complexity index is 223. The van der Waals surface area contributed by atoms with Gasteiger partial charge in [0.05, 0.1) is 45.1 Å². The number of carbonyl (C=O) groups excluding carboxylic acids is 1. The van der Waals surface area contributed by atoms with Crippen LogP contribution >= 0.6 is 0 Å². The van der Waals surface area contributed by atoms with Crippen LogP contribution in [0.4, 0.5) is 0 Å². The van der Waals surface area contributed by atoms with Crippen molar-refractivity contribution >= 4 is 5.97 Å². The molecule has 0 aliphatic rings. The van der Waals surface area contributed by atoms with Gasteiger partial charge in [-0.05, 0) is 20.8 Å². The number of rotatable bonds is 12. The van der Waals surface area contributed by atoms with Gasteiger partial charge in [0.2, 0.25) is 0 Å². The largest absolute Gasteiger partial charge is 0.466 e. The van der Waals surface area contributed by atoms with Gasteiger partial charge in [-0.3, -0.25) is 4.79 Å². The lowest BCUT2D eigenvalue weighted by molar-refractivity contribution is -0.143. The van der Waals surface area contributed by atoms with Crippen molar-refractivity contribution in [2.24, 2.45) is 0 Å². The zero-order valence-corrected chi connectivity index (χ0v) is 12.2. The van der Waals surface area contributed by atoms with E-state index in [0.29, 0.717) is 39.3 Å². The molecule has 0 radical (unpaired) electrons. The summed E-state index contributed by atoms with van der Waals surface area (Å²) >= 11 is 0. The molecule has 6 nitrogen and oxygen atoms in total. The number of esters is 1. The maximum Gasteiger partial charge on any atom is 0.307 e. The first-order valence-electron chi connectivity index (χ1n) is 6.80. The molecule has 6 heteroatoms. The summed E-state index contributed by atoms with van der Waals surface area (Å²) in [6.07, 6.45) is -0.0804. The number of nitrogens with one attached hydrogen (secondary N) is 1. The van der Waals surface area contributed by atoms with Gasteiger partial charge < -0.3 is 24.6 Å². The molecule has 2 N–H and O–H groups in total. The first kappa shape index (κ1) is 18.3. The molecular weight excluding hydrogens is 250 g/mol. The van der Waals surface area contributed by atoms with Crippen LogP contribution in [-0.4, -0.2) is 62.8 Å². The van der Waals surface area contributed by atoms with Gasteiger partial charge in [0.1, 0.15) is 0 Å². The summed E-state index contributed by atoms with van der Waals surface area (Å²) in [4.78, 5) is 11.0. The molecule has 0 aliphatic carbocycles. The predicted octanol–water partition coefficient (Wildman–Crippen LogP) is 0.332. The van der Waals surface area contributed by atoms with E-state index in [0.717, 1.165) is 0 Å². The SMILES string of the molecule is CCOC(=O)CCNCC(O)COCCOC(C)C. The summed E-state index contributed by atoms with van der Waals surface area (Å²) < 4.78 is 15.3. The van der Waals surface area contributed by atoms with Crippen LogP contribution in [0, 0.1) is 0 Å². The molecule has 0 saturated carbocycles. The molecule has 19 heavy (non-hydrogen) atoms. The third kappa shape index (κ3) is 13.5. The summed E-state index contributed by atoms with van der Waals surface area (Å²) in [5.74, 6) is -0.230. The third-order valence-corrected chi connectivity index (χ3v) is 2.18. The Labute approximate surface area is 115 Å². The quantitative estimate of drug-likeness (QED) is 0.395. The Morgan fingerprint density at radius 3 is 2.68 bits per heavy atom. The van der Waals surface area contributed by atoms with Gasteiger partial charge in [0.15, 0.2) is 0 Å². The van der Waals surface area contributed by atoms with E-state index in [1.54, 1.807) is 6.92 Å². The van der Waals surface area contributed by atoms with Crippen LogP contribution in [0.25, 0.3) is 0 Å². The fourth-order valence-corrected chi connectivity index (χ4v) is 1.31. The lowest BCUT2D eigenvalue weighted by atomic mass is 10.3. The van der Waals surface area contributed by atoms with Crippen molar-refractivity contribution in [1.29, 1.82) is 0 Å². The molecular formula is C13H27NO5. The van der Waals surface area contributed by atoms with E-state index in [4.69, 9.17) is 14.2 Å². The fraction of sp³-hybridized carbons (Fsp3) is 0.923. The first-order chi connectivity index (χ1) is 9.06. The second kappa shape index (κ2) is 12.3. The average Bonchev–Trinajstić information content (AvgIpc) is 2.34. The highest BCUT2D eigenvalue weighted by Gasteiger charge is 2.05. The zero-order valence-electron chi connectivity index (χ0n) is 12.2. The Kier molecular flexibility index (Phi) is 11.9. The highest BCUT2D eigenvalue weighted by molar-refractivity contribution is 5.69. The minimum Gasteiger partial charge on any atom is -0.466 e. The molecule has 0 aromatic carbocycles. The molecule has 0 rings (SSSR count). The van der Waals surface area contributed by atoms with Gasteiger partial charge in [-0.25, -0.2) is 0 Å². The number of carbonyl (C=O) groups is 1. The Morgan fingerprint density at radius 2 is 2.05 bits per heavy atom. The number of aliphatic hydroxyl groups is 1. The maximum atomic E-state index is 11.0. The number of aliphatic hydroxyl groups excluding tert-OH is 1. The maximum absolute atomic E-state index is 11.0. The summed E-state index contributed by atoms with van der Waals surface area (Å²) in [7, 11) is 0. The van der Waals surface area contributed by atoms with Crippen LogP contribution in [-0.2, 0) is 19.0 Å². The lowest BCUT2D eigenvalue weighted by Crippen LogP contribution is -2.32. The highest BCUT2D eigenvalue weighted by atomic mass is 16.5. The Hall–Kier alpha value is -0.690. The molecule has 0 spiro atoms. The van der Waals surface area contributed by atoms with Crippen LogP contribution in [0.3, 0.4) is 0 Å². The average molecular weight is 277 g/mol. The van der Waals surface area contributed by atoms with Gasteiger partial charge in [-0.2, -0.15) is 0 Å². The molecule has 0 aromatic heterocycles. The van der Waals surface area contributed by atoms with Gasteiger partial charge in [-0.1, -0.05) is 0 Å². The molecule has 0 aromatic rings. The van der Waals surface area contributed by atoms with E-state index in [1.165, 1.54) is 0 Å². The topological polar surface area (TPSA) is 77.0 Å². The van der Waals surface area contributed by atoms with Crippen molar-refractivity contribution in [1.82, 2.24) is 5.32 Å². The molecule has 0 saturated heterocycles. The van der Waals surface area contributed by atoms with Gasteiger partial charge >= 0.3 is 5.97 Å². The second-order valence-electron chi connectivity index (χ2n) is 4.41. The number of hydrogen-bond donors (Lipinski definition) is 2. The van der Waals surface area contributed by atoms with E-state index in [-0.39, 0.29) is 18.7 Å². The van der Waals surface area contributed by atoms with Crippen molar-refractivity contribution in [3.63, 3.8) is 0 Å². The van der Waals surface area contributed by atoms with Crippen molar-refractivity contribution in [3.05, 3.63) is 0 Å². The smallest absolute Gasteiger partial charge is 0.307 e. The summed E-state index contributed by atoms with van der Waals surface area (Å²) in [6, 6.07) is 0. The minimum absolute atomic E-state index is 0.193. The van der Waals surface area contributed by atoms with Gasteiger partial charge in [-0.15, -0.1) is 0 Å². The van der Waals surface area contributed by atoms with E-state index < -0.39 is 6.10 Å². The predicted molar refractivity (Wildman–Crippen MR) is 72.0 cm³/mol. The zero-order chi connectivity index (χ0) is 14.5. The molecule has 1 unspecified atom stereocenters. The molecule has 114 valence electrons. The van der Waals surface area contributed by atoms with Crippen LogP contribution in [0.15, 0.2) is 0 Å². The third-order valence-electron chi connectivity index (χ3n) is 2.18. The van der Waals surface area contributed by atoms with Crippen molar-refractivity contribution < 1.29 is 24.1 Å². The van der Waals surface area contributed by atoms with Crippen LogP contribution in [0.2, 0.25) is 0 Å². The molecule has 0 bridgehead atoms. The summed E-state index contributed by atoms with van der Waals surface area (Å²) in [5, 5.41) is 12.6. The van der Waals surface area contributed by atoms with E-state index >= 15 is 0 Å². The molecule has 1 atom stereocenters. The van der Waals surface area contributed by atoms with E-state index in [9.17, 15) is 9.90 Å². The molecule has 0 fully saturated rings. The summed E-state index contributed by atoms with van der Waals surface area (Å²) in [5.41, 5.74) is 0. The normalized spacial score (nSPS) is 12.7. The van der Waals surface area contributed by atoms with Crippen molar-refractivity contribution in [2.45, 2.75) is 39.4 Å². The van der Waals surface area contributed by atoms with E-state index in [2.05, 4.69) is 5.32 Å². The van der Waals surface area contributed by atoms with Crippen molar-refractivity contribution in [3.8, 4) is 0 Å². The highest BCUT2D eigenvalue weighted by Crippen LogP contribution is 1.90. The van der Waals surface area contributed by atoms with E-state index in [1.807, 2.05) is 13.8 Å². The Balaban J connectivity index is 3.30. The lowest BCUT2D eigenvalue weighted by Gasteiger charge is -2.13. The van der Waals surface area contributed by atoms with Crippen molar-refractivity contribution in [2.75, 3.05) is 39.5 Å². The molecule has 0 amide bonds.